The van der Waals surface area contributed by atoms with Crippen molar-refractivity contribution in [2.24, 2.45) is 0 Å². The minimum Gasteiger partial charge on any atom is -0.391 e. The van der Waals surface area contributed by atoms with Crippen LogP contribution in [0, 0.1) is 0 Å². The minimum atomic E-state index is -0.159. The van der Waals surface area contributed by atoms with Crippen LogP contribution in [0.25, 0.3) is 11.3 Å². The Kier molecular flexibility index (Phi) is 6.53. The Labute approximate surface area is 129 Å². The molecule has 0 aliphatic carbocycles. The fourth-order valence-electron chi connectivity index (χ4n) is 1.85. The van der Waals surface area contributed by atoms with Gasteiger partial charge in [0.1, 0.15) is 11.5 Å². The third kappa shape index (κ3) is 3.35. The van der Waals surface area contributed by atoms with Crippen molar-refractivity contribution in [1.29, 1.82) is 0 Å². The lowest BCUT2D eigenvalue weighted by Gasteiger charge is -2.06. The van der Waals surface area contributed by atoms with E-state index in [1.165, 1.54) is 0 Å². The van der Waals surface area contributed by atoms with Gasteiger partial charge in [0.15, 0.2) is 0 Å². The van der Waals surface area contributed by atoms with E-state index in [0.717, 1.165) is 0 Å². The van der Waals surface area contributed by atoms with Gasteiger partial charge in [0.05, 0.1) is 16.7 Å². The molecule has 1 N–H and O–H groups in total. The van der Waals surface area contributed by atoms with E-state index in [4.69, 9.17) is 27.7 Å². The summed E-state index contributed by atoms with van der Waals surface area (Å²) in [4.78, 5) is 0. The van der Waals surface area contributed by atoms with Gasteiger partial charge in [-0.25, -0.2) is 0 Å². The van der Waals surface area contributed by atoms with Gasteiger partial charge in [-0.3, -0.25) is 0 Å². The number of halogens is 2. The van der Waals surface area contributed by atoms with Crippen LogP contribution in [-0.2, 0) is 6.61 Å². The Morgan fingerprint density at radius 2 is 1.75 bits per heavy atom. The summed E-state index contributed by atoms with van der Waals surface area (Å²) in [5, 5.41) is 14.5. The van der Waals surface area contributed by atoms with E-state index >= 15 is 0 Å². The summed E-state index contributed by atoms with van der Waals surface area (Å²) >= 11 is 12.3. The SMILES string of the molecule is CC.CC(C)c1onc(-c2c(Cl)cccc2Cl)c1CO. The Morgan fingerprint density at radius 1 is 1.20 bits per heavy atom. The molecule has 1 aromatic carbocycles. The summed E-state index contributed by atoms with van der Waals surface area (Å²) in [6.07, 6.45) is 0. The molecule has 0 saturated heterocycles. The summed E-state index contributed by atoms with van der Waals surface area (Å²) in [5.41, 5.74) is 1.75. The first kappa shape index (κ1) is 17.0. The average molecular weight is 316 g/mol. The van der Waals surface area contributed by atoms with E-state index in [9.17, 15) is 5.11 Å². The van der Waals surface area contributed by atoms with Crippen LogP contribution >= 0.6 is 23.2 Å². The van der Waals surface area contributed by atoms with Gasteiger partial charge in [-0.1, -0.05) is 62.1 Å². The van der Waals surface area contributed by atoms with Crippen molar-refractivity contribution in [1.82, 2.24) is 5.16 Å². The van der Waals surface area contributed by atoms with E-state index in [2.05, 4.69) is 5.16 Å². The van der Waals surface area contributed by atoms with Gasteiger partial charge in [0, 0.05) is 17.0 Å². The molecule has 2 aromatic rings. The highest BCUT2D eigenvalue weighted by Gasteiger charge is 2.22. The normalized spacial score (nSPS) is 10.4. The first-order valence-electron chi connectivity index (χ1n) is 6.60. The van der Waals surface area contributed by atoms with Crippen LogP contribution in [-0.4, -0.2) is 10.3 Å². The summed E-state index contributed by atoms with van der Waals surface area (Å²) in [7, 11) is 0. The molecule has 110 valence electrons. The van der Waals surface area contributed by atoms with Crippen molar-refractivity contribution in [3.63, 3.8) is 0 Å². The monoisotopic (exact) mass is 315 g/mol. The van der Waals surface area contributed by atoms with Gasteiger partial charge in [-0.15, -0.1) is 0 Å². The fourth-order valence-corrected chi connectivity index (χ4v) is 2.43. The number of rotatable bonds is 3. The molecule has 0 radical (unpaired) electrons. The zero-order chi connectivity index (χ0) is 15.3. The predicted octanol–water partition coefficient (Wildman–Crippen LogP) is 5.29. The Morgan fingerprint density at radius 3 is 2.20 bits per heavy atom. The van der Waals surface area contributed by atoms with Gasteiger partial charge in [-0.2, -0.15) is 0 Å². The summed E-state index contributed by atoms with van der Waals surface area (Å²) in [6, 6.07) is 5.22. The number of hydrogen-bond donors (Lipinski definition) is 1. The smallest absolute Gasteiger partial charge is 0.145 e. The van der Waals surface area contributed by atoms with Gasteiger partial charge in [-0.05, 0) is 12.1 Å². The van der Waals surface area contributed by atoms with E-state index in [1.54, 1.807) is 18.2 Å². The molecule has 0 saturated carbocycles. The molecule has 0 spiro atoms. The van der Waals surface area contributed by atoms with Crippen LogP contribution in [0.5, 0.6) is 0 Å². The van der Waals surface area contributed by atoms with Crippen molar-refractivity contribution in [3.8, 4) is 11.3 Å². The Balaban J connectivity index is 0.000000956. The molecule has 0 amide bonds. The maximum atomic E-state index is 9.49. The molecule has 0 unspecified atom stereocenters. The van der Waals surface area contributed by atoms with E-state index < -0.39 is 0 Å². The van der Waals surface area contributed by atoms with Crippen molar-refractivity contribution in [3.05, 3.63) is 39.6 Å². The van der Waals surface area contributed by atoms with Crippen molar-refractivity contribution < 1.29 is 9.63 Å². The van der Waals surface area contributed by atoms with Crippen molar-refractivity contribution >= 4 is 23.2 Å². The summed E-state index contributed by atoms with van der Waals surface area (Å²) < 4.78 is 5.29. The molecular formula is C15H19Cl2NO2. The highest BCUT2D eigenvalue weighted by atomic mass is 35.5. The Hall–Kier alpha value is -1.03. The van der Waals surface area contributed by atoms with Crippen molar-refractivity contribution in [2.45, 2.75) is 40.2 Å². The standard InChI is InChI=1S/C13H13Cl2NO2.C2H6/c1-7(2)13-8(6-17)12(16-18-13)11-9(14)4-3-5-10(11)15;1-2/h3-5,7,17H,6H2,1-2H3;1-2H3. The molecule has 1 heterocycles. The van der Waals surface area contributed by atoms with Gasteiger partial charge in [0.25, 0.3) is 0 Å². The van der Waals surface area contributed by atoms with Crippen LogP contribution in [0.3, 0.4) is 0 Å². The lowest BCUT2D eigenvalue weighted by molar-refractivity contribution is 0.275. The minimum absolute atomic E-state index is 0.134. The zero-order valence-corrected chi connectivity index (χ0v) is 13.6. The second-order valence-electron chi connectivity index (χ2n) is 4.28. The second kappa shape index (κ2) is 7.67. The van der Waals surface area contributed by atoms with E-state index in [-0.39, 0.29) is 12.5 Å². The molecule has 0 bridgehead atoms. The zero-order valence-electron chi connectivity index (χ0n) is 12.1. The molecule has 0 aliphatic heterocycles. The van der Waals surface area contributed by atoms with E-state index in [0.29, 0.717) is 32.6 Å². The second-order valence-corrected chi connectivity index (χ2v) is 5.10. The maximum Gasteiger partial charge on any atom is 0.145 e. The summed E-state index contributed by atoms with van der Waals surface area (Å²) in [6.45, 7) is 7.78. The average Bonchev–Trinajstić information content (AvgIpc) is 2.84. The molecule has 20 heavy (non-hydrogen) atoms. The molecule has 0 aliphatic rings. The van der Waals surface area contributed by atoms with Crippen LogP contribution in [0.2, 0.25) is 10.0 Å². The third-order valence-corrected chi connectivity index (χ3v) is 3.33. The van der Waals surface area contributed by atoms with Crippen LogP contribution in [0.4, 0.5) is 0 Å². The van der Waals surface area contributed by atoms with Crippen LogP contribution in [0.15, 0.2) is 22.7 Å². The largest absolute Gasteiger partial charge is 0.391 e. The highest BCUT2D eigenvalue weighted by molar-refractivity contribution is 6.39. The molecule has 3 nitrogen and oxygen atoms in total. The maximum absolute atomic E-state index is 9.49. The lowest BCUT2D eigenvalue weighted by Crippen LogP contribution is -1.94. The quantitative estimate of drug-likeness (QED) is 0.837. The molecule has 0 fully saturated rings. The third-order valence-electron chi connectivity index (χ3n) is 2.70. The van der Waals surface area contributed by atoms with E-state index in [1.807, 2.05) is 27.7 Å². The van der Waals surface area contributed by atoms with Gasteiger partial charge < -0.3 is 9.63 Å². The predicted molar refractivity (Wildman–Crippen MR) is 83.3 cm³/mol. The number of hydrogen-bond acceptors (Lipinski definition) is 3. The van der Waals surface area contributed by atoms with Crippen LogP contribution in [0.1, 0.15) is 44.9 Å². The first-order chi connectivity index (χ1) is 9.56. The van der Waals surface area contributed by atoms with Gasteiger partial charge in [0.2, 0.25) is 0 Å². The lowest BCUT2D eigenvalue weighted by atomic mass is 10.0. The number of aliphatic hydroxyl groups is 1. The molecule has 0 atom stereocenters. The van der Waals surface area contributed by atoms with Crippen molar-refractivity contribution in [2.75, 3.05) is 0 Å². The molecule has 1 aromatic heterocycles. The van der Waals surface area contributed by atoms with Crippen LogP contribution < -0.4 is 0 Å². The molecular weight excluding hydrogens is 297 g/mol. The number of aliphatic hydroxyl groups excluding tert-OH is 1. The first-order valence-corrected chi connectivity index (χ1v) is 7.35. The molecule has 5 heteroatoms. The molecule has 2 rings (SSSR count). The number of nitrogens with zero attached hydrogens (tertiary/aromatic N) is 1. The fraction of sp³-hybridized carbons (Fsp3) is 0.400. The van der Waals surface area contributed by atoms with Gasteiger partial charge >= 0.3 is 0 Å². The number of aromatic nitrogens is 1. The highest BCUT2D eigenvalue weighted by Crippen LogP contribution is 2.38. The number of benzene rings is 1. The Bertz CT molecular complexity index is 545. The topological polar surface area (TPSA) is 46.3 Å². The summed E-state index contributed by atoms with van der Waals surface area (Å²) in [5.74, 6) is 0.790.